The fourth-order valence-corrected chi connectivity index (χ4v) is 0. The number of hydrogen-bond acceptors (Lipinski definition) is 4. The van der Waals surface area contributed by atoms with Gasteiger partial charge in [0.1, 0.15) is 0 Å². The molecule has 0 aliphatic heterocycles. The first-order valence-electron chi connectivity index (χ1n) is 4.19. The van der Waals surface area contributed by atoms with E-state index in [4.69, 9.17) is 9.59 Å². The Labute approximate surface area is 129 Å². The molecule has 4 nitrogen and oxygen atoms in total. The van der Waals surface area contributed by atoms with Crippen molar-refractivity contribution in [2.45, 2.75) is 53.8 Å². The van der Waals surface area contributed by atoms with Gasteiger partial charge in [-0.05, 0) is 0 Å². The third kappa shape index (κ3) is 5800. The molecule has 16 heavy (non-hydrogen) atoms. The van der Waals surface area contributed by atoms with E-state index in [1.807, 2.05) is 0 Å². The van der Waals surface area contributed by atoms with E-state index in [1.54, 1.807) is 27.7 Å². The third-order valence-corrected chi connectivity index (χ3v) is 0. The topological polar surface area (TPSA) is 80.3 Å². The molecule has 0 aliphatic rings. The second-order valence-electron chi connectivity index (χ2n) is 2.51. The Morgan fingerprint density at radius 2 is 0.750 bits per heavy atom. The maximum atomic E-state index is 9.53. The van der Waals surface area contributed by atoms with E-state index in [1.165, 1.54) is 26.4 Å². The number of carbonyl (C=O) groups excluding carboxylic acids is 2. The van der Waals surface area contributed by atoms with Gasteiger partial charge in [0.05, 0.1) is 0 Å². The summed E-state index contributed by atoms with van der Waals surface area (Å²) < 4.78 is 0. The van der Waals surface area contributed by atoms with Crippen LogP contribution >= 0.6 is 0 Å². The fraction of sp³-hybridized carbons (Fsp3) is 0.800. The van der Waals surface area contributed by atoms with Gasteiger partial charge in [-0.25, -0.2) is 0 Å². The van der Waals surface area contributed by atoms with Crippen molar-refractivity contribution in [3.05, 3.63) is 0 Å². The molecule has 0 spiro atoms. The zero-order valence-corrected chi connectivity index (χ0v) is 13.9. The van der Waals surface area contributed by atoms with Gasteiger partial charge in [-0.15, -0.1) is 12.2 Å². The molecule has 6 heteroatoms. The van der Waals surface area contributed by atoms with Crippen molar-refractivity contribution in [2.75, 3.05) is 0 Å². The molecule has 0 aromatic carbocycles. The summed E-state index contributed by atoms with van der Waals surface area (Å²) in [6, 6.07) is 0. The average molecular weight is 300 g/mol. The minimum absolute atomic E-state index is 0. The van der Waals surface area contributed by atoms with Crippen molar-refractivity contribution < 1.29 is 63.2 Å². The Bertz CT molecular complexity index is 81.3. The van der Waals surface area contributed by atoms with Gasteiger partial charge in [-0.3, -0.25) is 12.6 Å². The first kappa shape index (κ1) is 36.0. The summed E-state index contributed by atoms with van der Waals surface area (Å²) in [6.07, 6.45) is 2.17. The zero-order valence-electron chi connectivity index (χ0n) is 10.8. The van der Waals surface area contributed by atoms with Crippen molar-refractivity contribution in [3.8, 4) is 0 Å². The van der Waals surface area contributed by atoms with Crippen LogP contribution in [0.5, 0.6) is 0 Å². The fourth-order valence-electron chi connectivity index (χ4n) is 0. The molecule has 0 rings (SSSR count). The molecule has 0 atom stereocenters. The molecule has 0 amide bonds. The zero-order chi connectivity index (χ0) is 12.6. The molecule has 0 N–H and O–H groups in total. The van der Waals surface area contributed by atoms with E-state index in [-0.39, 0.29) is 43.4 Å². The molecule has 0 aromatic rings. The second-order valence-corrected chi connectivity index (χ2v) is 2.51. The predicted molar refractivity (Wildman–Crippen MR) is 53.0 cm³/mol. The third-order valence-electron chi connectivity index (χ3n) is 0. The van der Waals surface area contributed by atoms with Gasteiger partial charge >= 0.3 is 43.4 Å². The minimum Gasteiger partial charge on any atom is -0.852 e. The van der Waals surface area contributed by atoms with Crippen molar-refractivity contribution in [1.82, 2.24) is 0 Å². The summed E-state index contributed by atoms with van der Waals surface area (Å²) in [4.78, 5) is 17.4. The molecule has 0 saturated carbocycles. The van der Waals surface area contributed by atoms with E-state index in [2.05, 4.69) is 0 Å². The molecule has 0 fully saturated rings. The molecule has 0 bridgehead atoms. The van der Waals surface area contributed by atoms with E-state index in [0.29, 0.717) is 0 Å². The maximum absolute atomic E-state index is 9.53. The van der Waals surface area contributed by atoms with Crippen molar-refractivity contribution in [1.29, 1.82) is 0 Å². The maximum Gasteiger partial charge on any atom is 4.00 e. The quantitative estimate of drug-likeness (QED) is 0.456. The first-order chi connectivity index (χ1) is 6.29. The summed E-state index contributed by atoms with van der Waals surface area (Å²) in [5, 5.41) is 19.1. The van der Waals surface area contributed by atoms with Crippen molar-refractivity contribution in [3.63, 3.8) is 0 Å². The number of hydrogen-bond donors (Lipinski definition) is 0. The van der Waals surface area contributed by atoms with Crippen molar-refractivity contribution in [2.24, 2.45) is 0 Å². The van der Waals surface area contributed by atoms with Crippen LogP contribution in [0.15, 0.2) is 0 Å². The van der Waals surface area contributed by atoms with Gasteiger partial charge < -0.3 is 19.8 Å². The minimum atomic E-state index is -0.417. The molecular weight excluding hydrogens is 280 g/mol. The van der Waals surface area contributed by atoms with E-state index in [0.717, 1.165) is 0 Å². The van der Waals surface area contributed by atoms with Gasteiger partial charge in [0.15, 0.2) is 0 Å². The predicted octanol–water partition coefficient (Wildman–Crippen LogP) is -0.263. The van der Waals surface area contributed by atoms with Crippen LogP contribution in [0, 0.1) is 0 Å². The standard InChI is InChI=1S/2C3H7O.2C2H3O.2Ti/c2*1-3(2)4;2*1-2-3;;/h2*3H,1-2H3;2*1H3;;/q4*-1;2*+4. The molecule has 0 aromatic heterocycles. The molecule has 0 aliphatic carbocycles. The van der Waals surface area contributed by atoms with Crippen LogP contribution in [-0.4, -0.2) is 24.8 Å². The van der Waals surface area contributed by atoms with Crippen LogP contribution < -0.4 is 10.2 Å². The Kier molecular flexibility index (Phi) is 101. The summed E-state index contributed by atoms with van der Waals surface area (Å²) in [5.74, 6) is 0. The summed E-state index contributed by atoms with van der Waals surface area (Å²) in [5.41, 5.74) is 0. The van der Waals surface area contributed by atoms with Crippen LogP contribution in [0.25, 0.3) is 0 Å². The Morgan fingerprint density at radius 3 is 0.750 bits per heavy atom. The molecule has 0 unspecified atom stereocenters. The molecule has 0 radical (unpaired) electrons. The van der Waals surface area contributed by atoms with E-state index >= 15 is 0 Å². The van der Waals surface area contributed by atoms with Gasteiger partial charge in [0.25, 0.3) is 0 Å². The molecular formula is C10H20O4Ti2+4. The van der Waals surface area contributed by atoms with Crippen LogP contribution in [-0.2, 0) is 53.0 Å². The Morgan fingerprint density at radius 1 is 0.750 bits per heavy atom. The molecule has 88 valence electrons. The molecule has 0 saturated heterocycles. The van der Waals surface area contributed by atoms with Crippen molar-refractivity contribution >= 4 is 12.6 Å². The van der Waals surface area contributed by atoms with Gasteiger partial charge in [0, 0.05) is 0 Å². The average Bonchev–Trinajstić information content (AvgIpc) is 1.85. The van der Waals surface area contributed by atoms with Crippen LogP contribution in [0.2, 0.25) is 0 Å². The van der Waals surface area contributed by atoms with E-state index in [9.17, 15) is 10.2 Å². The van der Waals surface area contributed by atoms with Gasteiger partial charge in [-0.2, -0.15) is 13.8 Å². The normalized spacial score (nSPS) is 6.12. The first-order valence-corrected chi connectivity index (χ1v) is 4.19. The monoisotopic (exact) mass is 300 g/mol. The van der Waals surface area contributed by atoms with E-state index < -0.39 is 12.2 Å². The van der Waals surface area contributed by atoms with Crippen LogP contribution in [0.3, 0.4) is 0 Å². The summed E-state index contributed by atoms with van der Waals surface area (Å²) in [6.45, 7) is 9.08. The Balaban J connectivity index is -0.0000000202. The SMILES string of the molecule is CC(C)[O-].CC(C)[O-].C[C-]=O.C[C-]=O.[Ti+4].[Ti+4]. The smallest absolute Gasteiger partial charge is 0.852 e. The largest absolute Gasteiger partial charge is 4.00 e. The summed E-state index contributed by atoms with van der Waals surface area (Å²) >= 11 is 0. The van der Waals surface area contributed by atoms with Gasteiger partial charge in [0.2, 0.25) is 0 Å². The van der Waals surface area contributed by atoms with Crippen LogP contribution in [0.4, 0.5) is 0 Å². The number of rotatable bonds is 0. The van der Waals surface area contributed by atoms with Gasteiger partial charge in [-0.1, -0.05) is 27.7 Å². The Hall–Kier alpha value is 0.689. The second kappa shape index (κ2) is 44.8. The van der Waals surface area contributed by atoms with Crippen LogP contribution in [0.1, 0.15) is 41.5 Å². The molecule has 0 heterocycles. The summed E-state index contributed by atoms with van der Waals surface area (Å²) in [7, 11) is 0.